The summed E-state index contributed by atoms with van der Waals surface area (Å²) in [5.41, 5.74) is -3.14. The van der Waals surface area contributed by atoms with Gasteiger partial charge in [-0.15, -0.1) is 6.58 Å². The van der Waals surface area contributed by atoms with Crippen molar-refractivity contribution in [3.05, 3.63) is 60.4 Å². The van der Waals surface area contributed by atoms with Gasteiger partial charge in [-0.2, -0.15) is 0 Å². The summed E-state index contributed by atoms with van der Waals surface area (Å²) in [5.74, 6) is -7.94. The molecule has 3 aliphatic carbocycles. The molecule has 0 aromatic heterocycles. The van der Waals surface area contributed by atoms with Crippen LogP contribution in [0.2, 0.25) is 0 Å². The highest BCUT2D eigenvalue weighted by molar-refractivity contribution is 5.99. The zero-order chi connectivity index (χ0) is 27.6. The highest BCUT2D eigenvalue weighted by Crippen LogP contribution is 2.65. The van der Waals surface area contributed by atoms with E-state index in [4.69, 9.17) is 9.47 Å². The van der Waals surface area contributed by atoms with Crippen molar-refractivity contribution in [2.75, 3.05) is 0 Å². The fourth-order valence-corrected chi connectivity index (χ4v) is 7.01. The Balaban J connectivity index is 1.94. The number of aliphatic hydroxyl groups is 2. The molecule has 0 amide bonds. The molecule has 3 aliphatic rings. The Morgan fingerprint density at radius 2 is 1.70 bits per heavy atom. The van der Waals surface area contributed by atoms with E-state index in [1.165, 1.54) is 12.2 Å². The predicted octanol–water partition coefficient (Wildman–Crippen LogP) is 3.94. The lowest BCUT2D eigenvalue weighted by atomic mass is 9.42. The molecule has 0 radical (unpaired) electrons. The van der Waals surface area contributed by atoms with Gasteiger partial charge in [-0.25, -0.2) is 4.79 Å². The Kier molecular flexibility index (Phi) is 6.27. The summed E-state index contributed by atoms with van der Waals surface area (Å²) < 4.78 is 11.5. The molecule has 7 atom stereocenters. The molecule has 37 heavy (non-hydrogen) atoms. The molecule has 8 heteroatoms. The molecule has 8 nitrogen and oxygen atoms in total. The third kappa shape index (κ3) is 4.02. The molecule has 1 aromatic carbocycles. The van der Waals surface area contributed by atoms with Gasteiger partial charge in [0.15, 0.2) is 11.5 Å². The van der Waals surface area contributed by atoms with Crippen LogP contribution < -0.4 is 0 Å². The number of hydrogen-bond donors (Lipinski definition) is 2. The van der Waals surface area contributed by atoms with Crippen molar-refractivity contribution in [3.63, 3.8) is 0 Å². The largest absolute Gasteiger partial charge is 0.505 e. The number of esters is 2. The number of rotatable bonds is 4. The maximum atomic E-state index is 14.0. The van der Waals surface area contributed by atoms with Crippen molar-refractivity contribution in [2.45, 2.75) is 59.4 Å². The van der Waals surface area contributed by atoms with Crippen LogP contribution in [0.25, 0.3) is 0 Å². The number of carbonyl (C=O) groups is 4. The van der Waals surface area contributed by atoms with E-state index in [0.717, 1.165) is 6.92 Å². The van der Waals surface area contributed by atoms with Crippen LogP contribution in [0.5, 0.6) is 0 Å². The number of benzene rings is 1. The van der Waals surface area contributed by atoms with Gasteiger partial charge in [0.05, 0.1) is 11.5 Å². The van der Waals surface area contributed by atoms with E-state index in [0.29, 0.717) is 5.56 Å². The molecular formula is C29H34O8. The van der Waals surface area contributed by atoms with Crippen molar-refractivity contribution >= 4 is 23.5 Å². The molecule has 0 saturated heterocycles. The average molecular weight is 511 g/mol. The van der Waals surface area contributed by atoms with Gasteiger partial charge >= 0.3 is 11.9 Å². The molecule has 0 spiro atoms. The maximum absolute atomic E-state index is 14.0. The van der Waals surface area contributed by atoms with Crippen LogP contribution in [0.1, 0.15) is 57.8 Å². The zero-order valence-corrected chi connectivity index (χ0v) is 21.8. The first-order valence-corrected chi connectivity index (χ1v) is 12.4. The van der Waals surface area contributed by atoms with Gasteiger partial charge in [0.1, 0.15) is 6.10 Å². The van der Waals surface area contributed by atoms with Gasteiger partial charge in [0, 0.05) is 41.9 Å². The molecule has 0 heterocycles. The van der Waals surface area contributed by atoms with Crippen LogP contribution in [0, 0.1) is 34.0 Å². The van der Waals surface area contributed by atoms with Crippen molar-refractivity contribution in [2.24, 2.45) is 34.0 Å². The monoisotopic (exact) mass is 510 g/mol. The van der Waals surface area contributed by atoms with E-state index in [9.17, 15) is 29.4 Å². The maximum Gasteiger partial charge on any atom is 0.338 e. The van der Waals surface area contributed by atoms with Crippen molar-refractivity contribution in [1.82, 2.24) is 0 Å². The lowest BCUT2D eigenvalue weighted by Gasteiger charge is -2.63. The Labute approximate surface area is 216 Å². The van der Waals surface area contributed by atoms with Crippen molar-refractivity contribution < 1.29 is 38.9 Å². The van der Waals surface area contributed by atoms with E-state index < -0.39 is 75.2 Å². The molecular weight excluding hydrogens is 476 g/mol. The average Bonchev–Trinajstić information content (AvgIpc) is 2.82. The first-order chi connectivity index (χ1) is 17.1. The molecule has 1 aromatic rings. The number of hydrogen-bond acceptors (Lipinski definition) is 8. The van der Waals surface area contributed by atoms with E-state index in [-0.39, 0.29) is 12.8 Å². The van der Waals surface area contributed by atoms with E-state index >= 15 is 0 Å². The summed E-state index contributed by atoms with van der Waals surface area (Å²) in [4.78, 5) is 52.4. The SMILES string of the molecule is C=C[C@@]1(C)C[C@H](OC(=O)c2ccccc2)[C@@H]2[C@@H](C1=O)[C@](O)(OC(C)=O)C[C@@H]1C(C)(C)C(=O)C(O)=C[C@@]21C. The van der Waals surface area contributed by atoms with Gasteiger partial charge in [-0.3, -0.25) is 14.4 Å². The van der Waals surface area contributed by atoms with Crippen molar-refractivity contribution in [1.29, 1.82) is 0 Å². The molecule has 0 bridgehead atoms. The van der Waals surface area contributed by atoms with Gasteiger partial charge in [0.25, 0.3) is 0 Å². The fraction of sp³-hybridized carbons (Fsp3) is 0.517. The minimum absolute atomic E-state index is 0.0660. The molecule has 2 fully saturated rings. The molecule has 2 N–H and O–H groups in total. The third-order valence-corrected chi connectivity index (χ3v) is 8.86. The number of fused-ring (bicyclic) bond motifs is 3. The number of allylic oxidation sites excluding steroid dienone is 3. The van der Waals surface area contributed by atoms with Crippen LogP contribution in [0.4, 0.5) is 0 Å². The number of Topliss-reactive ketones (excluding diaryl/α,β-unsaturated/α-hetero) is 2. The van der Waals surface area contributed by atoms with Gasteiger partial charge < -0.3 is 19.7 Å². The predicted molar refractivity (Wildman–Crippen MR) is 133 cm³/mol. The van der Waals surface area contributed by atoms with Crippen molar-refractivity contribution in [3.8, 4) is 0 Å². The number of ketones is 2. The molecule has 2 saturated carbocycles. The summed E-state index contributed by atoms with van der Waals surface area (Å²) in [6.07, 6.45) is 1.78. The highest BCUT2D eigenvalue weighted by Gasteiger charge is 2.72. The topological polar surface area (TPSA) is 127 Å². The number of aliphatic hydroxyl groups excluding tert-OH is 1. The van der Waals surface area contributed by atoms with E-state index in [2.05, 4.69) is 6.58 Å². The Morgan fingerprint density at radius 3 is 2.27 bits per heavy atom. The van der Waals surface area contributed by atoms with Crippen LogP contribution in [-0.4, -0.2) is 45.6 Å². The second-order valence-electron chi connectivity index (χ2n) is 11.6. The third-order valence-electron chi connectivity index (χ3n) is 8.86. The first-order valence-electron chi connectivity index (χ1n) is 12.4. The van der Waals surface area contributed by atoms with Crippen LogP contribution >= 0.6 is 0 Å². The van der Waals surface area contributed by atoms with Gasteiger partial charge in [-0.05, 0) is 31.1 Å². The summed E-state index contributed by atoms with van der Waals surface area (Å²) >= 11 is 0. The molecule has 0 aliphatic heterocycles. The minimum atomic E-state index is -2.27. The van der Waals surface area contributed by atoms with E-state index in [1.807, 2.05) is 0 Å². The lowest BCUT2D eigenvalue weighted by Crippen LogP contribution is -2.70. The molecule has 4 rings (SSSR count). The lowest BCUT2D eigenvalue weighted by molar-refractivity contribution is -0.291. The summed E-state index contributed by atoms with van der Waals surface area (Å²) in [5, 5.41) is 22.6. The van der Waals surface area contributed by atoms with E-state index in [1.54, 1.807) is 58.0 Å². The first kappa shape index (κ1) is 26.8. The Morgan fingerprint density at radius 1 is 1.08 bits per heavy atom. The van der Waals surface area contributed by atoms with Crippen LogP contribution in [0.15, 0.2) is 54.8 Å². The summed E-state index contributed by atoms with van der Waals surface area (Å²) in [6, 6.07) is 8.38. The molecule has 198 valence electrons. The minimum Gasteiger partial charge on any atom is -0.505 e. The zero-order valence-electron chi connectivity index (χ0n) is 21.8. The standard InChI is InChI=1S/C29H34O8/c1-7-27(5)14-19(36-25(34)17-11-9-8-10-12-17)21-22(24(27)33)29(35,37-16(2)30)15-20-26(3,4)23(32)18(31)13-28(20,21)6/h7-13,19-22,31,35H,1,14-15H2,2-6H3/t19-,20+,21+,22-,27-,28+,29+/m0/s1. The van der Waals surface area contributed by atoms with Crippen LogP contribution in [-0.2, 0) is 23.9 Å². The fourth-order valence-electron chi connectivity index (χ4n) is 7.01. The van der Waals surface area contributed by atoms with Crippen LogP contribution in [0.3, 0.4) is 0 Å². The second kappa shape index (κ2) is 8.65. The summed E-state index contributed by atoms with van der Waals surface area (Å²) in [7, 11) is 0. The smallest absolute Gasteiger partial charge is 0.338 e. The molecule has 0 unspecified atom stereocenters. The second-order valence-corrected chi connectivity index (χ2v) is 11.6. The quantitative estimate of drug-likeness (QED) is 0.354. The Bertz CT molecular complexity index is 1200. The van der Waals surface area contributed by atoms with Gasteiger partial charge in [0.2, 0.25) is 11.6 Å². The Hall–Kier alpha value is -3.26. The summed E-state index contributed by atoms with van der Waals surface area (Å²) in [6.45, 7) is 11.7. The highest BCUT2D eigenvalue weighted by atomic mass is 16.7. The van der Waals surface area contributed by atoms with Gasteiger partial charge in [-0.1, -0.05) is 45.0 Å². The number of ether oxygens (including phenoxy) is 2. The normalized spacial score (nSPS) is 38.5. The number of carbonyl (C=O) groups excluding carboxylic acids is 4.